The molecule has 126 valence electrons. The van der Waals surface area contributed by atoms with E-state index in [1.54, 1.807) is 0 Å². The van der Waals surface area contributed by atoms with Crippen molar-refractivity contribution in [2.24, 2.45) is 0 Å². The second kappa shape index (κ2) is 7.02. The number of aromatic nitrogens is 2. The zero-order valence-corrected chi connectivity index (χ0v) is 14.4. The number of carbonyl (C=O) groups excluding carboxylic acids is 1. The first kappa shape index (κ1) is 16.5. The molecule has 0 bridgehead atoms. The van der Waals surface area contributed by atoms with Crippen LogP contribution in [0.1, 0.15) is 31.6 Å². The molecule has 2 amide bonds. The van der Waals surface area contributed by atoms with Crippen molar-refractivity contribution in [3.8, 4) is 0 Å². The van der Waals surface area contributed by atoms with E-state index < -0.39 is 6.10 Å². The molecule has 0 aliphatic rings. The van der Waals surface area contributed by atoms with Gasteiger partial charge in [0.05, 0.1) is 11.6 Å². The van der Waals surface area contributed by atoms with Crippen LogP contribution in [-0.2, 0) is 0 Å². The van der Waals surface area contributed by atoms with Crippen LogP contribution in [0.25, 0.3) is 10.9 Å². The van der Waals surface area contributed by atoms with Crippen LogP contribution in [0.2, 0.25) is 0 Å². The van der Waals surface area contributed by atoms with E-state index in [9.17, 15) is 9.90 Å². The third-order valence-electron chi connectivity index (χ3n) is 3.69. The van der Waals surface area contributed by atoms with Gasteiger partial charge in [-0.25, -0.2) is 4.79 Å². The lowest BCUT2D eigenvalue weighted by Crippen LogP contribution is -2.32. The Morgan fingerprint density at radius 1 is 1.38 bits per heavy atom. The Morgan fingerprint density at radius 3 is 2.92 bits per heavy atom. The lowest BCUT2D eigenvalue weighted by molar-refractivity contribution is 0.175. The average Bonchev–Trinajstić information content (AvgIpc) is 3.21. The molecule has 6 nitrogen and oxygen atoms in total. The number of nitrogens with one attached hydrogen (secondary N) is 2. The molecule has 0 radical (unpaired) electrons. The van der Waals surface area contributed by atoms with Gasteiger partial charge in [0, 0.05) is 29.9 Å². The third-order valence-corrected chi connectivity index (χ3v) is 4.39. The largest absolute Gasteiger partial charge is 0.387 e. The summed E-state index contributed by atoms with van der Waals surface area (Å²) in [6.45, 7) is 4.30. The quantitative estimate of drug-likeness (QED) is 0.662. The van der Waals surface area contributed by atoms with Crippen molar-refractivity contribution in [1.29, 1.82) is 0 Å². The Kier molecular flexibility index (Phi) is 4.82. The third kappa shape index (κ3) is 3.74. The van der Waals surface area contributed by atoms with Crippen molar-refractivity contribution in [3.05, 3.63) is 46.8 Å². The van der Waals surface area contributed by atoms with Crippen LogP contribution in [0.15, 0.2) is 41.2 Å². The Morgan fingerprint density at radius 2 is 2.21 bits per heavy atom. The highest BCUT2D eigenvalue weighted by molar-refractivity contribution is 7.07. The maximum absolute atomic E-state index is 12.0. The minimum absolute atomic E-state index is 0.163. The topological polar surface area (TPSA) is 79.2 Å². The van der Waals surface area contributed by atoms with Crippen LogP contribution >= 0.6 is 11.3 Å². The van der Waals surface area contributed by atoms with Gasteiger partial charge in [0.15, 0.2) is 0 Å². The van der Waals surface area contributed by atoms with Crippen LogP contribution in [0.3, 0.4) is 0 Å². The molecule has 0 saturated heterocycles. The van der Waals surface area contributed by atoms with E-state index in [1.807, 2.05) is 45.9 Å². The molecule has 2 heterocycles. The first-order valence-electron chi connectivity index (χ1n) is 7.77. The van der Waals surface area contributed by atoms with Crippen LogP contribution in [-0.4, -0.2) is 27.5 Å². The molecule has 0 spiro atoms. The van der Waals surface area contributed by atoms with Gasteiger partial charge < -0.3 is 15.7 Å². The van der Waals surface area contributed by atoms with Crippen molar-refractivity contribution in [2.75, 3.05) is 11.9 Å². The molecule has 24 heavy (non-hydrogen) atoms. The highest BCUT2D eigenvalue weighted by atomic mass is 32.1. The van der Waals surface area contributed by atoms with E-state index in [4.69, 9.17) is 0 Å². The fraction of sp³-hybridized carbons (Fsp3) is 0.294. The number of thiophene rings is 1. The van der Waals surface area contributed by atoms with Gasteiger partial charge in [0.25, 0.3) is 0 Å². The lowest BCUT2D eigenvalue weighted by Gasteiger charge is -2.11. The average molecular weight is 344 g/mol. The monoisotopic (exact) mass is 344 g/mol. The highest BCUT2D eigenvalue weighted by Crippen LogP contribution is 2.20. The molecular weight excluding hydrogens is 324 g/mol. The number of nitrogens with zero attached hydrogens (tertiary/aromatic N) is 2. The highest BCUT2D eigenvalue weighted by Gasteiger charge is 2.10. The van der Waals surface area contributed by atoms with Gasteiger partial charge in [0.1, 0.15) is 0 Å². The fourth-order valence-corrected chi connectivity index (χ4v) is 3.04. The van der Waals surface area contributed by atoms with E-state index >= 15 is 0 Å². The summed E-state index contributed by atoms with van der Waals surface area (Å²) in [5.74, 6) is 0. The predicted octanol–water partition coefficient (Wildman–Crippen LogP) is 3.53. The van der Waals surface area contributed by atoms with Crippen LogP contribution < -0.4 is 10.6 Å². The predicted molar refractivity (Wildman–Crippen MR) is 96.4 cm³/mol. The summed E-state index contributed by atoms with van der Waals surface area (Å²) in [4.78, 5) is 12.0. The molecule has 1 aromatic carbocycles. The summed E-state index contributed by atoms with van der Waals surface area (Å²) < 4.78 is 1.89. The number of hydrogen-bond acceptors (Lipinski definition) is 4. The second-order valence-corrected chi connectivity index (χ2v) is 6.66. The van der Waals surface area contributed by atoms with Gasteiger partial charge in [0.2, 0.25) is 0 Å². The summed E-state index contributed by atoms with van der Waals surface area (Å²) in [6, 6.07) is 7.36. The van der Waals surface area contributed by atoms with Crippen molar-refractivity contribution in [2.45, 2.75) is 26.0 Å². The molecule has 0 saturated carbocycles. The van der Waals surface area contributed by atoms with E-state index in [-0.39, 0.29) is 18.6 Å². The second-order valence-electron chi connectivity index (χ2n) is 5.88. The van der Waals surface area contributed by atoms with E-state index in [0.29, 0.717) is 5.69 Å². The van der Waals surface area contributed by atoms with E-state index in [2.05, 4.69) is 29.6 Å². The Labute approximate surface area is 144 Å². The van der Waals surface area contributed by atoms with Gasteiger partial charge in [-0.3, -0.25) is 4.68 Å². The smallest absolute Gasteiger partial charge is 0.319 e. The van der Waals surface area contributed by atoms with E-state index in [0.717, 1.165) is 16.5 Å². The number of urea groups is 1. The number of amides is 2. The molecule has 3 rings (SSSR count). The van der Waals surface area contributed by atoms with Gasteiger partial charge in [-0.15, -0.1) is 0 Å². The van der Waals surface area contributed by atoms with Gasteiger partial charge >= 0.3 is 6.03 Å². The molecule has 0 fully saturated rings. The minimum atomic E-state index is -0.700. The lowest BCUT2D eigenvalue weighted by atomic mass is 10.2. The van der Waals surface area contributed by atoms with Gasteiger partial charge in [-0.05, 0) is 54.4 Å². The van der Waals surface area contributed by atoms with Crippen LogP contribution in [0, 0.1) is 0 Å². The van der Waals surface area contributed by atoms with Crippen molar-refractivity contribution < 1.29 is 9.90 Å². The summed E-state index contributed by atoms with van der Waals surface area (Å²) in [6.07, 6.45) is 1.26. The maximum atomic E-state index is 12.0. The molecular formula is C17H20N4O2S. The Bertz CT molecular complexity index is 826. The molecule has 0 aliphatic carbocycles. The molecule has 1 unspecified atom stereocenters. The van der Waals surface area contributed by atoms with Crippen molar-refractivity contribution >= 4 is 34.0 Å². The summed E-state index contributed by atoms with van der Waals surface area (Å²) >= 11 is 1.51. The maximum Gasteiger partial charge on any atom is 0.319 e. The number of hydrogen-bond donors (Lipinski definition) is 3. The van der Waals surface area contributed by atoms with Gasteiger partial charge in [-0.1, -0.05) is 0 Å². The Balaban J connectivity index is 1.60. The van der Waals surface area contributed by atoms with E-state index in [1.165, 1.54) is 11.3 Å². The minimum Gasteiger partial charge on any atom is -0.387 e. The first-order valence-corrected chi connectivity index (χ1v) is 8.71. The van der Waals surface area contributed by atoms with Crippen LogP contribution in [0.4, 0.5) is 10.5 Å². The number of carbonyl (C=O) groups is 1. The molecule has 2 aromatic heterocycles. The number of aliphatic hydroxyl groups is 1. The summed E-state index contributed by atoms with van der Waals surface area (Å²) in [5.41, 5.74) is 2.39. The molecule has 0 aliphatic heterocycles. The Hall–Kier alpha value is -2.38. The molecule has 3 aromatic rings. The molecule has 3 N–H and O–H groups in total. The molecule has 1 atom stereocenters. The van der Waals surface area contributed by atoms with Crippen molar-refractivity contribution in [3.63, 3.8) is 0 Å². The normalized spacial score (nSPS) is 12.5. The zero-order chi connectivity index (χ0) is 17.1. The number of anilines is 1. The standard InChI is InChI=1S/C17H20N4O2S/c1-11(2)21-9-13-7-14(3-4-15(13)20-21)19-17(23)18-8-16(22)12-5-6-24-10-12/h3-7,9-11,16,22H,8H2,1-2H3,(H2,18,19,23). The number of aliphatic hydroxyl groups excluding tert-OH is 1. The van der Waals surface area contributed by atoms with Gasteiger partial charge in [-0.2, -0.15) is 16.4 Å². The van der Waals surface area contributed by atoms with Crippen LogP contribution in [0.5, 0.6) is 0 Å². The number of benzene rings is 1. The van der Waals surface area contributed by atoms with Crippen molar-refractivity contribution in [1.82, 2.24) is 15.1 Å². The summed E-state index contributed by atoms with van der Waals surface area (Å²) in [7, 11) is 0. The summed E-state index contributed by atoms with van der Waals surface area (Å²) in [5, 5.41) is 24.6. The first-order chi connectivity index (χ1) is 11.5. The SMILES string of the molecule is CC(C)n1cc2cc(NC(=O)NCC(O)c3ccsc3)ccc2n1. The molecule has 7 heteroatoms. The number of fused-ring (bicyclic) bond motifs is 1. The zero-order valence-electron chi connectivity index (χ0n) is 13.6. The fourth-order valence-electron chi connectivity index (χ4n) is 2.33. The number of rotatable bonds is 5.